The second-order valence-electron chi connectivity index (χ2n) is 7.56. The van der Waals surface area contributed by atoms with Crippen LogP contribution in [0.1, 0.15) is 4.88 Å². The fourth-order valence-electron chi connectivity index (χ4n) is 3.35. The first-order valence-electron chi connectivity index (χ1n) is 9.96. The average Bonchev–Trinajstić information content (AvgIpc) is 3.42. The summed E-state index contributed by atoms with van der Waals surface area (Å²) in [4.78, 5) is 41.7. The molecule has 0 radical (unpaired) electrons. The van der Waals surface area contributed by atoms with E-state index in [1.165, 1.54) is 24.0 Å². The van der Waals surface area contributed by atoms with Crippen molar-refractivity contribution in [3.63, 3.8) is 0 Å². The molecule has 36 heavy (non-hydrogen) atoms. The van der Waals surface area contributed by atoms with E-state index >= 15 is 0 Å². The number of benzene rings is 1. The lowest BCUT2D eigenvalue weighted by atomic mass is 10.1. The zero-order valence-electron chi connectivity index (χ0n) is 18.4. The van der Waals surface area contributed by atoms with Crippen LogP contribution in [0.2, 0.25) is 0 Å². The van der Waals surface area contributed by atoms with Crippen LogP contribution in [-0.4, -0.2) is 32.8 Å². The Morgan fingerprint density at radius 3 is 2.39 bits per heavy atom. The first-order valence-corrected chi connectivity index (χ1v) is 11.7. The number of ether oxygens (including phenoxy) is 1. The van der Waals surface area contributed by atoms with Crippen molar-refractivity contribution in [3.05, 3.63) is 60.2 Å². The highest BCUT2D eigenvalue weighted by Gasteiger charge is 2.30. The number of hydrogen-bond acceptors (Lipinski definition) is 7. The molecule has 0 atom stereocenters. The van der Waals surface area contributed by atoms with Crippen LogP contribution in [-0.2, 0) is 25.3 Å². The van der Waals surface area contributed by atoms with Gasteiger partial charge in [-0.3, -0.25) is 18.7 Å². The Labute approximate surface area is 206 Å². The number of carbonyl (C=O) groups excluding carboxylic acids is 1. The number of nitrogens with one attached hydrogen (secondary N) is 1. The van der Waals surface area contributed by atoms with Gasteiger partial charge in [-0.2, -0.15) is 13.2 Å². The van der Waals surface area contributed by atoms with Gasteiger partial charge in [-0.25, -0.2) is 18.6 Å². The summed E-state index contributed by atoms with van der Waals surface area (Å²) in [6.07, 6.45) is -4.95. The fourth-order valence-corrected chi connectivity index (χ4v) is 5.14. The number of aromatic nitrogens is 3. The number of fused-ring (bicyclic) bond motifs is 1. The van der Waals surface area contributed by atoms with Crippen LogP contribution < -0.4 is 21.3 Å². The summed E-state index contributed by atoms with van der Waals surface area (Å²) in [6, 6.07) is 1.54. The molecule has 0 unspecified atom stereocenters. The Kier molecular flexibility index (Phi) is 6.70. The molecule has 0 aliphatic carbocycles. The summed E-state index contributed by atoms with van der Waals surface area (Å²) < 4.78 is 71.6. The normalized spacial score (nSPS) is 11.8. The molecule has 3 aromatic heterocycles. The number of rotatable bonds is 6. The van der Waals surface area contributed by atoms with E-state index in [0.717, 1.165) is 39.4 Å². The zero-order chi connectivity index (χ0) is 26.4. The maximum absolute atomic E-state index is 14.2. The number of hydrogen-bond donors (Lipinski definition) is 1. The number of carbonyl (C=O) groups is 1. The lowest BCUT2D eigenvalue weighted by molar-refractivity contribution is -0.154. The summed E-state index contributed by atoms with van der Waals surface area (Å²) in [5.74, 6) is -4.36. The van der Waals surface area contributed by atoms with Gasteiger partial charge in [0.25, 0.3) is 5.56 Å². The molecule has 8 nitrogen and oxygen atoms in total. The minimum Gasteiger partial charge on any atom is -0.478 e. The smallest absolute Gasteiger partial charge is 0.422 e. The predicted octanol–water partition coefficient (Wildman–Crippen LogP) is 3.82. The molecule has 0 aliphatic rings. The Bertz CT molecular complexity index is 1580. The van der Waals surface area contributed by atoms with Crippen molar-refractivity contribution < 1.29 is 31.5 Å². The van der Waals surface area contributed by atoms with Crippen molar-refractivity contribution in [3.8, 4) is 17.0 Å². The van der Waals surface area contributed by atoms with E-state index < -0.39 is 47.3 Å². The van der Waals surface area contributed by atoms with Gasteiger partial charge in [0.1, 0.15) is 0 Å². The molecule has 0 saturated carbocycles. The number of aryl methyl sites for hydroxylation is 1. The number of thiophene rings is 1. The summed E-state index contributed by atoms with van der Waals surface area (Å²) in [6.45, 7) is -1.85. The van der Waals surface area contributed by atoms with Gasteiger partial charge in [0.15, 0.2) is 29.1 Å². The number of halogens is 5. The van der Waals surface area contributed by atoms with E-state index in [0.29, 0.717) is 10.4 Å². The Balaban J connectivity index is 1.51. The summed E-state index contributed by atoms with van der Waals surface area (Å²) >= 11 is 2.10. The molecular weight excluding hydrogens is 531 g/mol. The highest BCUT2D eigenvalue weighted by atomic mass is 32.1. The Hall–Kier alpha value is -3.59. The minimum atomic E-state index is -4.77. The van der Waals surface area contributed by atoms with Crippen molar-refractivity contribution in [1.82, 2.24) is 14.1 Å². The molecule has 15 heteroatoms. The van der Waals surface area contributed by atoms with Crippen molar-refractivity contribution >= 4 is 44.6 Å². The van der Waals surface area contributed by atoms with Gasteiger partial charge in [-0.15, -0.1) is 22.7 Å². The summed E-state index contributed by atoms with van der Waals surface area (Å²) in [5, 5.41) is 5.87. The van der Waals surface area contributed by atoms with Crippen LogP contribution in [0.4, 0.5) is 27.1 Å². The number of alkyl halides is 3. The molecule has 0 bridgehead atoms. The Morgan fingerprint density at radius 2 is 1.75 bits per heavy atom. The van der Waals surface area contributed by atoms with E-state index in [4.69, 9.17) is 0 Å². The third kappa shape index (κ3) is 5.02. The second kappa shape index (κ2) is 9.46. The van der Waals surface area contributed by atoms with Gasteiger partial charge in [0, 0.05) is 35.3 Å². The average molecular weight is 546 g/mol. The first kappa shape index (κ1) is 25.5. The first-order chi connectivity index (χ1) is 16.9. The van der Waals surface area contributed by atoms with Crippen LogP contribution in [0.15, 0.2) is 32.5 Å². The molecule has 1 amide bonds. The van der Waals surface area contributed by atoms with E-state index in [-0.39, 0.29) is 28.2 Å². The molecule has 4 rings (SSSR count). The molecular formula is C21H15F5N4O4S2. The topological polar surface area (TPSA) is 95.2 Å². The summed E-state index contributed by atoms with van der Waals surface area (Å²) in [5.41, 5.74) is -0.625. The summed E-state index contributed by atoms with van der Waals surface area (Å²) in [7, 11) is 2.85. The fraction of sp³-hybridized carbons (Fsp3) is 0.238. The minimum absolute atomic E-state index is 0.0703. The maximum atomic E-state index is 14.2. The molecule has 0 aliphatic heterocycles. The monoisotopic (exact) mass is 546 g/mol. The van der Waals surface area contributed by atoms with Gasteiger partial charge < -0.3 is 10.1 Å². The highest BCUT2D eigenvalue weighted by molar-refractivity contribution is 7.14. The van der Waals surface area contributed by atoms with Gasteiger partial charge in [-0.05, 0) is 12.1 Å². The van der Waals surface area contributed by atoms with Crippen LogP contribution in [0.3, 0.4) is 0 Å². The van der Waals surface area contributed by atoms with Crippen molar-refractivity contribution in [2.75, 3.05) is 11.9 Å². The van der Waals surface area contributed by atoms with E-state index in [2.05, 4.69) is 15.0 Å². The molecule has 0 saturated heterocycles. The lowest BCUT2D eigenvalue weighted by Crippen LogP contribution is -2.36. The lowest BCUT2D eigenvalue weighted by Gasteiger charge is -2.11. The van der Waals surface area contributed by atoms with Gasteiger partial charge in [0.2, 0.25) is 5.91 Å². The van der Waals surface area contributed by atoms with Gasteiger partial charge in [-0.1, -0.05) is 0 Å². The van der Waals surface area contributed by atoms with E-state index in [9.17, 15) is 36.3 Å². The van der Waals surface area contributed by atoms with Crippen LogP contribution in [0, 0.1) is 11.6 Å². The van der Waals surface area contributed by atoms with E-state index in [1.807, 2.05) is 0 Å². The SMILES string of the molecule is Cn1c(=O)c2c(CC(=O)Nc3nc(-c4cc(F)c(OCC(F)(F)F)c(F)c4)cs3)scc2n(C)c1=O. The molecule has 1 N–H and O–H groups in total. The largest absolute Gasteiger partial charge is 0.478 e. The quantitative estimate of drug-likeness (QED) is 0.371. The number of amides is 1. The van der Waals surface area contributed by atoms with Crippen LogP contribution in [0.25, 0.3) is 22.2 Å². The third-order valence-electron chi connectivity index (χ3n) is 5.05. The number of anilines is 1. The molecule has 0 fully saturated rings. The van der Waals surface area contributed by atoms with Crippen molar-refractivity contribution in [2.24, 2.45) is 14.1 Å². The van der Waals surface area contributed by atoms with Crippen molar-refractivity contribution in [1.29, 1.82) is 0 Å². The number of thiazole rings is 1. The second-order valence-corrected chi connectivity index (χ2v) is 9.38. The van der Waals surface area contributed by atoms with Crippen molar-refractivity contribution in [2.45, 2.75) is 12.6 Å². The highest BCUT2D eigenvalue weighted by Crippen LogP contribution is 2.32. The van der Waals surface area contributed by atoms with Crippen LogP contribution >= 0.6 is 22.7 Å². The third-order valence-corrected chi connectivity index (χ3v) is 6.78. The standard InChI is InChI=1S/C21H15F5N4O4S2/c1-29-13-7-35-14(16(13)18(32)30(2)20(29)33)5-15(31)28-19-27-12(6-36-19)9-3-10(22)17(11(23)4-9)34-8-21(24,25)26/h3-4,6-7H,5,8H2,1-2H3,(H,27,28,31). The molecule has 190 valence electrons. The molecule has 0 spiro atoms. The van der Waals surface area contributed by atoms with Gasteiger partial charge in [0.05, 0.1) is 23.0 Å². The van der Waals surface area contributed by atoms with E-state index in [1.54, 1.807) is 5.38 Å². The van der Waals surface area contributed by atoms with Crippen LogP contribution in [0.5, 0.6) is 5.75 Å². The van der Waals surface area contributed by atoms with Gasteiger partial charge >= 0.3 is 11.9 Å². The number of nitrogens with zero attached hydrogens (tertiary/aromatic N) is 3. The molecule has 1 aromatic carbocycles. The predicted molar refractivity (Wildman–Crippen MR) is 124 cm³/mol. The zero-order valence-corrected chi connectivity index (χ0v) is 20.0. The molecule has 3 heterocycles. The maximum Gasteiger partial charge on any atom is 0.422 e. The Morgan fingerprint density at radius 1 is 1.08 bits per heavy atom. The molecule has 4 aromatic rings.